The second-order valence-electron chi connectivity index (χ2n) is 3.38. The molecule has 0 fully saturated rings. The van der Waals surface area contributed by atoms with Crippen LogP contribution in [0.3, 0.4) is 0 Å². The predicted octanol–water partition coefficient (Wildman–Crippen LogP) is 1.48. The third kappa shape index (κ3) is 4.31. The van der Waals surface area contributed by atoms with E-state index in [1.54, 1.807) is 0 Å². The summed E-state index contributed by atoms with van der Waals surface area (Å²) < 4.78 is 10.0. The lowest BCUT2D eigenvalue weighted by atomic mass is 10.2. The van der Waals surface area contributed by atoms with Crippen molar-refractivity contribution in [3.05, 3.63) is 29.8 Å². The van der Waals surface area contributed by atoms with Gasteiger partial charge in [0.15, 0.2) is 0 Å². The van der Waals surface area contributed by atoms with Crippen LogP contribution in [0.2, 0.25) is 0 Å². The molecular weight excluding hydrogens is 206 g/mol. The number of nitrogens with two attached hydrogens (primary N) is 1. The van der Waals surface area contributed by atoms with E-state index >= 15 is 0 Å². The molecule has 0 spiro atoms. The van der Waals surface area contributed by atoms with Gasteiger partial charge in [0.25, 0.3) is 0 Å². The highest BCUT2D eigenvalue weighted by molar-refractivity contribution is 5.69. The Morgan fingerprint density at radius 2 is 2.25 bits per heavy atom. The average molecular weight is 223 g/mol. The largest absolute Gasteiger partial charge is 0.494 e. The van der Waals surface area contributed by atoms with Gasteiger partial charge in [0.2, 0.25) is 0 Å². The SMILES string of the molecule is COC(=O)CCCOc1cccc(CN)c1. The number of ether oxygens (including phenoxy) is 2. The first-order valence-electron chi connectivity index (χ1n) is 5.25. The number of methoxy groups -OCH3 is 1. The first kappa shape index (κ1) is 12.5. The molecule has 0 aromatic heterocycles. The molecule has 0 radical (unpaired) electrons. The zero-order valence-corrected chi connectivity index (χ0v) is 9.44. The summed E-state index contributed by atoms with van der Waals surface area (Å²) >= 11 is 0. The fourth-order valence-corrected chi connectivity index (χ4v) is 1.27. The van der Waals surface area contributed by atoms with Crippen molar-refractivity contribution in [3.8, 4) is 5.75 Å². The number of benzene rings is 1. The molecule has 1 aromatic rings. The number of hydrogen-bond acceptors (Lipinski definition) is 4. The minimum absolute atomic E-state index is 0.209. The van der Waals surface area contributed by atoms with Crippen LogP contribution in [0.4, 0.5) is 0 Å². The summed E-state index contributed by atoms with van der Waals surface area (Å²) in [5.74, 6) is 0.576. The molecule has 1 rings (SSSR count). The van der Waals surface area contributed by atoms with Gasteiger partial charge in [-0.25, -0.2) is 0 Å². The molecule has 4 nitrogen and oxygen atoms in total. The number of esters is 1. The van der Waals surface area contributed by atoms with Crippen molar-refractivity contribution in [2.75, 3.05) is 13.7 Å². The number of carbonyl (C=O) groups excluding carboxylic acids is 1. The zero-order chi connectivity index (χ0) is 11.8. The van der Waals surface area contributed by atoms with Crippen LogP contribution in [-0.4, -0.2) is 19.7 Å². The van der Waals surface area contributed by atoms with Crippen LogP contribution >= 0.6 is 0 Å². The van der Waals surface area contributed by atoms with Gasteiger partial charge in [-0.3, -0.25) is 4.79 Å². The molecule has 0 bridgehead atoms. The van der Waals surface area contributed by atoms with Crippen LogP contribution in [0.5, 0.6) is 5.75 Å². The Bertz CT molecular complexity index is 339. The standard InChI is InChI=1S/C12H17NO3/c1-15-12(14)6-3-7-16-11-5-2-4-10(8-11)9-13/h2,4-5,8H,3,6-7,9,13H2,1H3. The molecular formula is C12H17NO3. The Balaban J connectivity index is 2.28. The van der Waals surface area contributed by atoms with E-state index in [9.17, 15) is 4.79 Å². The number of carbonyl (C=O) groups is 1. The average Bonchev–Trinajstić information content (AvgIpc) is 2.34. The van der Waals surface area contributed by atoms with Crippen molar-refractivity contribution in [2.45, 2.75) is 19.4 Å². The Morgan fingerprint density at radius 1 is 1.44 bits per heavy atom. The van der Waals surface area contributed by atoms with E-state index in [0.29, 0.717) is 26.0 Å². The highest BCUT2D eigenvalue weighted by atomic mass is 16.5. The summed E-state index contributed by atoms with van der Waals surface area (Å²) in [6.07, 6.45) is 1.03. The fraction of sp³-hybridized carbons (Fsp3) is 0.417. The first-order valence-corrected chi connectivity index (χ1v) is 5.25. The van der Waals surface area contributed by atoms with Crippen molar-refractivity contribution in [2.24, 2.45) is 5.73 Å². The van der Waals surface area contributed by atoms with Crippen molar-refractivity contribution in [1.29, 1.82) is 0 Å². The van der Waals surface area contributed by atoms with Gasteiger partial charge >= 0.3 is 5.97 Å². The Labute approximate surface area is 95.3 Å². The molecule has 0 amide bonds. The van der Waals surface area contributed by atoms with Gasteiger partial charge in [-0.1, -0.05) is 12.1 Å². The second kappa shape index (κ2) is 6.85. The lowest BCUT2D eigenvalue weighted by molar-refractivity contribution is -0.140. The molecule has 16 heavy (non-hydrogen) atoms. The lowest BCUT2D eigenvalue weighted by Gasteiger charge is -2.06. The summed E-state index contributed by atoms with van der Waals surface area (Å²) in [5, 5.41) is 0. The third-order valence-electron chi connectivity index (χ3n) is 2.16. The van der Waals surface area contributed by atoms with Crippen LogP contribution < -0.4 is 10.5 Å². The Morgan fingerprint density at radius 3 is 2.94 bits per heavy atom. The predicted molar refractivity (Wildman–Crippen MR) is 61.1 cm³/mol. The van der Waals surface area contributed by atoms with Gasteiger partial charge in [-0.15, -0.1) is 0 Å². The maximum atomic E-state index is 10.8. The maximum Gasteiger partial charge on any atom is 0.305 e. The maximum absolute atomic E-state index is 10.8. The number of hydrogen-bond donors (Lipinski definition) is 1. The molecule has 1 aromatic carbocycles. The van der Waals surface area contributed by atoms with Crippen molar-refractivity contribution in [1.82, 2.24) is 0 Å². The molecule has 88 valence electrons. The van der Waals surface area contributed by atoms with Crippen LogP contribution in [0.25, 0.3) is 0 Å². The smallest absolute Gasteiger partial charge is 0.305 e. The van der Waals surface area contributed by atoms with Crippen LogP contribution in [-0.2, 0) is 16.1 Å². The van der Waals surface area contributed by atoms with E-state index in [-0.39, 0.29) is 5.97 Å². The van der Waals surface area contributed by atoms with Gasteiger partial charge in [0.1, 0.15) is 5.75 Å². The van der Waals surface area contributed by atoms with E-state index in [1.165, 1.54) is 7.11 Å². The Hall–Kier alpha value is -1.55. The summed E-state index contributed by atoms with van der Waals surface area (Å²) in [6.45, 7) is 1.00. The van der Waals surface area contributed by atoms with E-state index in [1.807, 2.05) is 24.3 Å². The van der Waals surface area contributed by atoms with E-state index in [4.69, 9.17) is 10.5 Å². The monoisotopic (exact) mass is 223 g/mol. The van der Waals surface area contributed by atoms with E-state index in [2.05, 4.69) is 4.74 Å². The highest BCUT2D eigenvalue weighted by Gasteiger charge is 2.00. The molecule has 2 N–H and O–H groups in total. The second-order valence-corrected chi connectivity index (χ2v) is 3.38. The molecule has 0 saturated carbocycles. The lowest BCUT2D eigenvalue weighted by Crippen LogP contribution is -2.05. The summed E-state index contributed by atoms with van der Waals surface area (Å²) in [6, 6.07) is 7.62. The van der Waals surface area contributed by atoms with Crippen molar-refractivity contribution >= 4 is 5.97 Å². The summed E-state index contributed by atoms with van der Waals surface area (Å²) in [4.78, 5) is 10.8. The highest BCUT2D eigenvalue weighted by Crippen LogP contribution is 2.13. The zero-order valence-electron chi connectivity index (χ0n) is 9.44. The molecule has 4 heteroatoms. The number of rotatable bonds is 6. The molecule has 0 saturated heterocycles. The summed E-state index contributed by atoms with van der Waals surface area (Å²) in [7, 11) is 1.38. The van der Waals surface area contributed by atoms with Crippen molar-refractivity contribution in [3.63, 3.8) is 0 Å². The third-order valence-corrected chi connectivity index (χ3v) is 2.16. The molecule has 0 unspecified atom stereocenters. The molecule has 0 atom stereocenters. The van der Waals surface area contributed by atoms with Gasteiger partial charge in [0.05, 0.1) is 13.7 Å². The van der Waals surface area contributed by atoms with Gasteiger partial charge in [-0.2, -0.15) is 0 Å². The van der Waals surface area contributed by atoms with Crippen LogP contribution in [0, 0.1) is 0 Å². The topological polar surface area (TPSA) is 61.5 Å². The van der Waals surface area contributed by atoms with Gasteiger partial charge in [0, 0.05) is 13.0 Å². The minimum atomic E-state index is -0.209. The molecule has 0 aliphatic carbocycles. The fourth-order valence-electron chi connectivity index (χ4n) is 1.27. The van der Waals surface area contributed by atoms with Gasteiger partial charge < -0.3 is 15.2 Å². The van der Waals surface area contributed by atoms with Crippen LogP contribution in [0.1, 0.15) is 18.4 Å². The molecule has 0 aliphatic heterocycles. The van der Waals surface area contributed by atoms with E-state index in [0.717, 1.165) is 11.3 Å². The van der Waals surface area contributed by atoms with Crippen LogP contribution in [0.15, 0.2) is 24.3 Å². The summed E-state index contributed by atoms with van der Waals surface area (Å²) in [5.41, 5.74) is 6.55. The first-order chi connectivity index (χ1) is 7.76. The van der Waals surface area contributed by atoms with Gasteiger partial charge in [-0.05, 0) is 24.1 Å². The minimum Gasteiger partial charge on any atom is -0.494 e. The quantitative estimate of drug-likeness (QED) is 0.586. The normalized spacial score (nSPS) is 9.88. The van der Waals surface area contributed by atoms with Crippen molar-refractivity contribution < 1.29 is 14.3 Å². The Kier molecular flexibility index (Phi) is 5.36. The van der Waals surface area contributed by atoms with E-state index < -0.39 is 0 Å². The molecule has 0 heterocycles. The molecule has 0 aliphatic rings.